The molecule has 2 heterocycles. The van der Waals surface area contributed by atoms with E-state index >= 15 is 0 Å². The Hall–Kier alpha value is -3.85. The number of non-ortho nitro benzene ring substituents is 1. The van der Waals surface area contributed by atoms with Crippen LogP contribution < -0.4 is 14.9 Å². The quantitative estimate of drug-likeness (QED) is 0.296. The fourth-order valence-corrected chi connectivity index (χ4v) is 5.20. The Balaban J connectivity index is 1.92. The average molecular weight is 506 g/mol. The van der Waals surface area contributed by atoms with Crippen molar-refractivity contribution in [1.29, 1.82) is 0 Å². The molecule has 0 bridgehead atoms. The Bertz CT molecular complexity index is 1560. The zero-order valence-electron chi connectivity index (χ0n) is 20.8. The molecule has 1 aromatic heterocycles. The van der Waals surface area contributed by atoms with Crippen molar-refractivity contribution in [2.45, 2.75) is 46.1 Å². The molecule has 3 aromatic rings. The van der Waals surface area contributed by atoms with Gasteiger partial charge in [-0.15, -0.1) is 0 Å². The van der Waals surface area contributed by atoms with Crippen molar-refractivity contribution in [3.63, 3.8) is 0 Å². The third-order valence-corrected chi connectivity index (χ3v) is 6.97. The van der Waals surface area contributed by atoms with Gasteiger partial charge < -0.3 is 4.74 Å². The van der Waals surface area contributed by atoms with Gasteiger partial charge in [-0.1, -0.05) is 68.5 Å². The summed E-state index contributed by atoms with van der Waals surface area (Å²) in [6.45, 7) is 10.0. The zero-order valence-corrected chi connectivity index (χ0v) is 21.6. The normalized spacial score (nSPS) is 15.9. The van der Waals surface area contributed by atoms with Crippen LogP contribution in [0.2, 0.25) is 0 Å². The van der Waals surface area contributed by atoms with Crippen LogP contribution in [0.3, 0.4) is 0 Å². The van der Waals surface area contributed by atoms with Crippen molar-refractivity contribution in [1.82, 2.24) is 4.57 Å². The Morgan fingerprint density at radius 1 is 1.22 bits per heavy atom. The van der Waals surface area contributed by atoms with Gasteiger partial charge in [0.05, 0.1) is 33.4 Å². The van der Waals surface area contributed by atoms with Gasteiger partial charge in [-0.2, -0.15) is 0 Å². The van der Waals surface area contributed by atoms with Crippen molar-refractivity contribution in [3.05, 3.63) is 106 Å². The molecule has 1 aliphatic heterocycles. The average Bonchev–Trinajstić information content (AvgIpc) is 3.12. The van der Waals surface area contributed by atoms with Crippen LogP contribution in [0.1, 0.15) is 57.4 Å². The lowest BCUT2D eigenvalue weighted by atomic mass is 9.85. The summed E-state index contributed by atoms with van der Waals surface area (Å²) in [5.41, 5.74) is 2.78. The van der Waals surface area contributed by atoms with Gasteiger partial charge in [-0.3, -0.25) is 19.5 Å². The molecule has 0 saturated heterocycles. The lowest BCUT2D eigenvalue weighted by Gasteiger charge is -2.26. The van der Waals surface area contributed by atoms with Crippen LogP contribution >= 0.6 is 11.3 Å². The number of aromatic nitrogens is 1. The number of fused-ring (bicyclic) bond motifs is 1. The lowest BCUT2D eigenvalue weighted by molar-refractivity contribution is -0.384. The van der Waals surface area contributed by atoms with Gasteiger partial charge in [0.1, 0.15) is 0 Å². The number of allylic oxidation sites excluding steroid dienone is 1. The fraction of sp³-hybridized carbons (Fsp3) is 0.296. The van der Waals surface area contributed by atoms with E-state index in [1.165, 1.54) is 28.0 Å². The second-order valence-corrected chi connectivity index (χ2v) is 10.5. The van der Waals surface area contributed by atoms with Gasteiger partial charge >= 0.3 is 5.97 Å². The van der Waals surface area contributed by atoms with Gasteiger partial charge in [0, 0.05) is 12.1 Å². The topological polar surface area (TPSA) is 104 Å². The van der Waals surface area contributed by atoms with E-state index in [2.05, 4.69) is 25.8 Å². The van der Waals surface area contributed by atoms with E-state index < -0.39 is 16.9 Å². The highest BCUT2D eigenvalue weighted by Crippen LogP contribution is 2.32. The molecule has 0 spiro atoms. The molecule has 1 unspecified atom stereocenters. The van der Waals surface area contributed by atoms with Gasteiger partial charge in [0.25, 0.3) is 11.2 Å². The summed E-state index contributed by atoms with van der Waals surface area (Å²) in [6.07, 6.45) is 1.61. The van der Waals surface area contributed by atoms with E-state index in [0.717, 1.165) is 11.1 Å². The van der Waals surface area contributed by atoms with Crippen molar-refractivity contribution in [3.8, 4) is 0 Å². The summed E-state index contributed by atoms with van der Waals surface area (Å²) in [5, 5.41) is 11.2. The van der Waals surface area contributed by atoms with Gasteiger partial charge in [0.2, 0.25) is 0 Å². The monoisotopic (exact) mass is 505 g/mol. The molecule has 9 heteroatoms. The highest BCUT2D eigenvalue weighted by Gasteiger charge is 2.33. The summed E-state index contributed by atoms with van der Waals surface area (Å²) < 4.78 is 7.21. The number of nitro benzene ring substituents is 1. The second-order valence-electron chi connectivity index (χ2n) is 9.53. The first-order valence-corrected chi connectivity index (χ1v) is 12.4. The third kappa shape index (κ3) is 4.79. The number of rotatable bonds is 5. The number of carbonyl (C=O) groups is 1. The Morgan fingerprint density at radius 3 is 2.53 bits per heavy atom. The van der Waals surface area contributed by atoms with E-state index in [1.54, 1.807) is 32.1 Å². The first-order chi connectivity index (χ1) is 17.0. The maximum absolute atomic E-state index is 13.7. The highest BCUT2D eigenvalue weighted by atomic mass is 32.1. The molecule has 0 aliphatic carbocycles. The van der Waals surface area contributed by atoms with Gasteiger partial charge in [-0.05, 0) is 42.0 Å². The Morgan fingerprint density at radius 2 is 1.92 bits per heavy atom. The number of thiazole rings is 1. The highest BCUT2D eigenvalue weighted by molar-refractivity contribution is 7.07. The summed E-state index contributed by atoms with van der Waals surface area (Å²) in [6, 6.07) is 13.3. The second kappa shape index (κ2) is 9.66. The van der Waals surface area contributed by atoms with Crippen LogP contribution in [0.15, 0.2) is 69.6 Å². The van der Waals surface area contributed by atoms with Crippen LogP contribution in [0, 0.1) is 10.1 Å². The summed E-state index contributed by atoms with van der Waals surface area (Å²) in [7, 11) is 0. The molecule has 0 amide bonds. The standard InChI is InChI=1S/C27H27N3O5S/c1-6-35-25(32)22-16(2)28-26-29(23(22)18-10-12-19(13-11-18)27(3,4)5)24(31)21(36-26)15-17-8-7-9-20(14-17)30(33)34/h7-15,23H,6H2,1-5H3/b21-15+. The molecule has 4 rings (SSSR count). The van der Waals surface area contributed by atoms with Crippen molar-refractivity contribution in [2.75, 3.05) is 6.61 Å². The number of benzene rings is 2. The predicted molar refractivity (Wildman–Crippen MR) is 139 cm³/mol. The molecule has 36 heavy (non-hydrogen) atoms. The van der Waals surface area contributed by atoms with Crippen LogP contribution in [0.5, 0.6) is 0 Å². The minimum absolute atomic E-state index is 0.0546. The maximum atomic E-state index is 13.7. The first-order valence-electron chi connectivity index (χ1n) is 11.6. The van der Waals surface area contributed by atoms with Gasteiger partial charge in [0.15, 0.2) is 4.80 Å². The van der Waals surface area contributed by atoms with Crippen LogP contribution in [-0.2, 0) is 14.9 Å². The molecule has 2 aromatic carbocycles. The van der Waals surface area contributed by atoms with Crippen molar-refractivity contribution >= 4 is 29.1 Å². The summed E-state index contributed by atoms with van der Waals surface area (Å²) >= 11 is 1.18. The predicted octanol–water partition coefficient (Wildman–Crippen LogP) is 4.00. The fourth-order valence-electron chi connectivity index (χ4n) is 4.15. The molecule has 186 valence electrons. The van der Waals surface area contributed by atoms with E-state index in [-0.39, 0.29) is 23.3 Å². The molecule has 0 saturated carbocycles. The van der Waals surface area contributed by atoms with E-state index in [1.807, 2.05) is 24.3 Å². The first kappa shape index (κ1) is 25.2. The smallest absolute Gasteiger partial charge is 0.338 e. The zero-order chi connectivity index (χ0) is 26.2. The maximum Gasteiger partial charge on any atom is 0.338 e. The number of ether oxygens (including phenoxy) is 1. The van der Waals surface area contributed by atoms with E-state index in [0.29, 0.717) is 26.2 Å². The number of esters is 1. The minimum atomic E-state index is -0.707. The Labute approximate surface area is 212 Å². The lowest BCUT2D eigenvalue weighted by Crippen LogP contribution is -2.40. The summed E-state index contributed by atoms with van der Waals surface area (Å²) in [5.74, 6) is -0.517. The Kier molecular flexibility index (Phi) is 6.77. The van der Waals surface area contributed by atoms with Crippen LogP contribution in [-0.4, -0.2) is 22.1 Å². The largest absolute Gasteiger partial charge is 0.463 e. The van der Waals surface area contributed by atoms with Crippen LogP contribution in [0.25, 0.3) is 6.08 Å². The molecule has 1 atom stereocenters. The molecule has 8 nitrogen and oxygen atoms in total. The number of carbonyl (C=O) groups excluding carboxylic acids is 1. The van der Waals surface area contributed by atoms with Crippen molar-refractivity contribution in [2.24, 2.45) is 4.99 Å². The molecule has 1 aliphatic rings. The number of hydrogen-bond acceptors (Lipinski definition) is 7. The molecule has 0 radical (unpaired) electrons. The molecule has 0 fully saturated rings. The van der Waals surface area contributed by atoms with E-state index in [4.69, 9.17) is 4.74 Å². The number of hydrogen-bond donors (Lipinski definition) is 0. The number of nitrogens with zero attached hydrogens (tertiary/aromatic N) is 3. The minimum Gasteiger partial charge on any atom is -0.463 e. The van der Waals surface area contributed by atoms with Crippen molar-refractivity contribution < 1.29 is 14.5 Å². The number of nitro groups is 1. The van der Waals surface area contributed by atoms with E-state index in [9.17, 15) is 19.7 Å². The molecular formula is C27H27N3O5S. The van der Waals surface area contributed by atoms with Crippen LogP contribution in [0.4, 0.5) is 5.69 Å². The van der Waals surface area contributed by atoms with Gasteiger partial charge in [-0.25, -0.2) is 9.79 Å². The summed E-state index contributed by atoms with van der Waals surface area (Å²) in [4.78, 5) is 42.4. The third-order valence-electron chi connectivity index (χ3n) is 5.99. The molecule has 0 N–H and O–H groups in total. The molecular weight excluding hydrogens is 478 g/mol. The SMILES string of the molecule is CCOC(=O)C1=C(C)N=c2s/c(=C/c3cccc([N+](=O)[O-])c3)c(=O)n2C1c1ccc(C(C)(C)C)cc1.